The molecule has 0 radical (unpaired) electrons. The number of hydrogen-bond acceptors (Lipinski definition) is 4. The number of unbranched alkanes of at least 4 members (excludes halogenated alkanes) is 14. The van der Waals surface area contributed by atoms with Crippen LogP contribution in [0.3, 0.4) is 0 Å². The molecule has 0 aliphatic heterocycles. The molecule has 0 bridgehead atoms. The van der Waals surface area contributed by atoms with Crippen molar-refractivity contribution in [3.05, 3.63) is 24.3 Å². The Kier molecular flexibility index (Phi) is 16.8. The molecule has 2 aromatic rings. The number of hydrogen-bond donors (Lipinski definition) is 2. The van der Waals surface area contributed by atoms with Crippen molar-refractivity contribution in [2.75, 3.05) is 0 Å². The normalized spacial score (nSPS) is 10.7. The maximum absolute atomic E-state index is 10.3. The molecule has 0 fully saturated rings. The van der Waals surface area contributed by atoms with Crippen LogP contribution in [0.4, 0.5) is 0 Å². The number of fused-ring (bicyclic) bond motifs is 1. The Morgan fingerprint density at radius 3 is 1.77 bits per heavy atom. The van der Waals surface area contributed by atoms with Crippen molar-refractivity contribution in [3.63, 3.8) is 0 Å². The van der Waals surface area contributed by atoms with Gasteiger partial charge in [-0.3, -0.25) is 4.79 Å². The molecule has 0 aliphatic carbocycles. The lowest BCUT2D eigenvalue weighted by molar-refractivity contribution is -0.137. The van der Waals surface area contributed by atoms with Gasteiger partial charge in [0, 0.05) is 11.8 Å². The van der Waals surface area contributed by atoms with Crippen molar-refractivity contribution in [1.29, 1.82) is 0 Å². The number of aromatic nitrogens is 1. The van der Waals surface area contributed by atoms with E-state index in [-0.39, 0.29) is 0 Å². The van der Waals surface area contributed by atoms with Gasteiger partial charge in [0.25, 0.3) is 0 Å². The summed E-state index contributed by atoms with van der Waals surface area (Å²) in [5.41, 5.74) is 0. The molecule has 1 aromatic carbocycles. The zero-order chi connectivity index (χ0) is 21.9. The molecule has 0 atom stereocenters. The summed E-state index contributed by atoms with van der Waals surface area (Å²) in [5.74, 6) is -0.653. The highest BCUT2D eigenvalue weighted by molar-refractivity contribution is 7.80. The van der Waals surface area contributed by atoms with Crippen molar-refractivity contribution in [1.82, 2.24) is 4.37 Å². The van der Waals surface area contributed by atoms with Gasteiger partial charge in [-0.15, -0.1) is 12.6 Å². The SMILES string of the molecule is CCCCCCCCCCCCCCCCCC(=O)O.Sc1nsc2ccccc12. The Hall–Kier alpha value is -1.07. The predicted octanol–water partition coefficient (Wildman–Crippen LogP) is 8.92. The van der Waals surface area contributed by atoms with Crippen LogP contribution in [-0.4, -0.2) is 15.4 Å². The highest BCUT2D eigenvalue weighted by Crippen LogP contribution is 2.24. The van der Waals surface area contributed by atoms with Crippen LogP contribution in [0.5, 0.6) is 0 Å². The summed E-state index contributed by atoms with van der Waals surface area (Å²) >= 11 is 5.69. The maximum atomic E-state index is 10.3. The van der Waals surface area contributed by atoms with E-state index in [4.69, 9.17) is 5.11 Å². The first-order valence-electron chi connectivity index (χ1n) is 11.9. The quantitative estimate of drug-likeness (QED) is 0.198. The number of nitrogens with zero attached hydrogens (tertiary/aromatic N) is 1. The van der Waals surface area contributed by atoms with Crippen LogP contribution < -0.4 is 0 Å². The Morgan fingerprint density at radius 1 is 0.833 bits per heavy atom. The average molecular weight is 452 g/mol. The molecule has 3 nitrogen and oxygen atoms in total. The number of carbonyl (C=O) groups is 1. The van der Waals surface area contributed by atoms with Gasteiger partial charge < -0.3 is 5.11 Å². The summed E-state index contributed by atoms with van der Waals surface area (Å²) in [6.07, 6.45) is 20.2. The highest BCUT2D eigenvalue weighted by Gasteiger charge is 1.98. The molecule has 0 amide bonds. The van der Waals surface area contributed by atoms with Crippen LogP contribution in [0, 0.1) is 0 Å². The van der Waals surface area contributed by atoms with E-state index in [1.807, 2.05) is 24.3 Å². The molecule has 1 N–H and O–H groups in total. The molecular weight excluding hydrogens is 410 g/mol. The summed E-state index contributed by atoms with van der Waals surface area (Å²) in [5, 5.41) is 10.5. The molecule has 0 saturated heterocycles. The maximum Gasteiger partial charge on any atom is 0.303 e. The monoisotopic (exact) mass is 451 g/mol. The molecule has 2 rings (SSSR count). The summed E-state index contributed by atoms with van der Waals surface area (Å²) < 4.78 is 5.30. The molecule has 0 saturated carbocycles. The lowest BCUT2D eigenvalue weighted by Gasteiger charge is -2.03. The molecular formula is C25H41NO2S2. The molecule has 30 heavy (non-hydrogen) atoms. The van der Waals surface area contributed by atoms with E-state index in [1.165, 1.54) is 99.7 Å². The Morgan fingerprint density at radius 2 is 1.30 bits per heavy atom. The van der Waals surface area contributed by atoms with Crippen LogP contribution in [0.2, 0.25) is 0 Å². The third kappa shape index (κ3) is 14.0. The van der Waals surface area contributed by atoms with Crippen LogP contribution >= 0.6 is 24.2 Å². The van der Waals surface area contributed by atoms with E-state index in [1.54, 1.807) is 0 Å². The lowest BCUT2D eigenvalue weighted by Crippen LogP contribution is -1.93. The molecule has 1 aromatic heterocycles. The first-order valence-corrected chi connectivity index (χ1v) is 13.1. The number of carboxylic acids is 1. The summed E-state index contributed by atoms with van der Waals surface area (Å²) in [6, 6.07) is 8.08. The van der Waals surface area contributed by atoms with E-state index in [2.05, 4.69) is 23.9 Å². The minimum absolute atomic E-state index is 0.345. The number of benzene rings is 1. The van der Waals surface area contributed by atoms with Crippen LogP contribution in [0.1, 0.15) is 110 Å². The van der Waals surface area contributed by atoms with Gasteiger partial charge in [-0.1, -0.05) is 115 Å². The number of thiol groups is 1. The highest BCUT2D eigenvalue weighted by atomic mass is 32.1. The van der Waals surface area contributed by atoms with Gasteiger partial charge in [0.2, 0.25) is 0 Å². The van der Waals surface area contributed by atoms with Crippen molar-refractivity contribution >= 4 is 40.2 Å². The van der Waals surface area contributed by atoms with E-state index < -0.39 is 5.97 Å². The van der Waals surface area contributed by atoms with Crippen molar-refractivity contribution < 1.29 is 9.90 Å². The van der Waals surface area contributed by atoms with Crippen molar-refractivity contribution in [2.45, 2.75) is 115 Å². The molecule has 170 valence electrons. The van der Waals surface area contributed by atoms with Crippen LogP contribution in [0.25, 0.3) is 10.1 Å². The van der Waals surface area contributed by atoms with Gasteiger partial charge in [0.05, 0.1) is 4.70 Å². The second-order valence-corrected chi connectivity index (χ2v) is 9.32. The summed E-state index contributed by atoms with van der Waals surface area (Å²) in [7, 11) is 0. The third-order valence-corrected chi connectivity index (χ3v) is 6.66. The minimum Gasteiger partial charge on any atom is -0.481 e. The van der Waals surface area contributed by atoms with Gasteiger partial charge in [0.15, 0.2) is 0 Å². The standard InChI is InChI=1S/C18H36O2.C7H5NS2/c1-2-3-4-5-6-7-8-9-10-11-12-13-14-15-16-17-18(19)20;9-7-5-3-1-2-4-6(5)10-8-7/h2-17H2,1H3,(H,19,20);1-4H,(H,8,9). The predicted molar refractivity (Wildman–Crippen MR) is 134 cm³/mol. The molecule has 0 unspecified atom stereocenters. The average Bonchev–Trinajstić information content (AvgIpc) is 3.12. The van der Waals surface area contributed by atoms with Crippen molar-refractivity contribution in [2.24, 2.45) is 0 Å². The third-order valence-electron chi connectivity index (χ3n) is 5.35. The Balaban J connectivity index is 0.000000367. The first kappa shape index (κ1) is 27.0. The molecule has 0 spiro atoms. The fourth-order valence-electron chi connectivity index (χ4n) is 3.52. The van der Waals surface area contributed by atoms with Crippen LogP contribution in [0.15, 0.2) is 29.3 Å². The Bertz CT molecular complexity index is 672. The fourth-order valence-corrected chi connectivity index (χ4v) is 4.60. The second-order valence-electron chi connectivity index (χ2n) is 8.10. The molecule has 5 heteroatoms. The van der Waals surface area contributed by atoms with E-state index in [0.29, 0.717) is 6.42 Å². The van der Waals surface area contributed by atoms with Crippen LogP contribution in [-0.2, 0) is 4.79 Å². The summed E-state index contributed by atoms with van der Waals surface area (Å²) in [6.45, 7) is 2.27. The van der Waals surface area contributed by atoms with Gasteiger partial charge in [0.1, 0.15) is 5.03 Å². The van der Waals surface area contributed by atoms with E-state index in [0.717, 1.165) is 23.3 Å². The molecule has 1 heterocycles. The molecule has 0 aliphatic rings. The smallest absolute Gasteiger partial charge is 0.303 e. The first-order chi connectivity index (χ1) is 14.6. The summed E-state index contributed by atoms with van der Waals surface area (Å²) in [4.78, 5) is 10.3. The zero-order valence-corrected chi connectivity index (χ0v) is 20.5. The largest absolute Gasteiger partial charge is 0.481 e. The van der Waals surface area contributed by atoms with Gasteiger partial charge in [-0.05, 0) is 24.0 Å². The lowest BCUT2D eigenvalue weighted by atomic mass is 10.0. The van der Waals surface area contributed by atoms with Gasteiger partial charge in [-0.25, -0.2) is 0 Å². The van der Waals surface area contributed by atoms with Gasteiger partial charge >= 0.3 is 5.97 Å². The fraction of sp³-hybridized carbons (Fsp3) is 0.680. The Labute approximate surface area is 193 Å². The minimum atomic E-state index is -0.653. The van der Waals surface area contributed by atoms with E-state index >= 15 is 0 Å². The topological polar surface area (TPSA) is 50.2 Å². The number of rotatable bonds is 16. The van der Waals surface area contributed by atoms with Crippen molar-refractivity contribution in [3.8, 4) is 0 Å². The van der Waals surface area contributed by atoms with E-state index in [9.17, 15) is 4.79 Å². The number of carboxylic acid groups (broad SMARTS) is 1. The zero-order valence-electron chi connectivity index (χ0n) is 18.8. The number of aliphatic carboxylic acids is 1. The second kappa shape index (κ2) is 18.7. The van der Waals surface area contributed by atoms with Gasteiger partial charge in [-0.2, -0.15) is 4.37 Å².